The van der Waals surface area contributed by atoms with E-state index in [1.165, 1.54) is 18.4 Å². The first kappa shape index (κ1) is 21.0. The van der Waals surface area contributed by atoms with Crippen LogP contribution < -0.4 is 10.6 Å². The minimum atomic E-state index is -0.440. The van der Waals surface area contributed by atoms with Gasteiger partial charge in [0.1, 0.15) is 0 Å². The van der Waals surface area contributed by atoms with Gasteiger partial charge in [0.15, 0.2) is 0 Å². The molecule has 156 valence electrons. The Morgan fingerprint density at radius 2 is 1.72 bits per heavy atom. The van der Waals surface area contributed by atoms with Crippen LogP contribution in [0.2, 0.25) is 0 Å². The molecule has 1 aliphatic heterocycles. The Labute approximate surface area is 172 Å². The zero-order valence-corrected chi connectivity index (χ0v) is 16.9. The van der Waals surface area contributed by atoms with Gasteiger partial charge in [0.2, 0.25) is 5.91 Å². The Morgan fingerprint density at radius 1 is 0.966 bits per heavy atom. The Balaban J connectivity index is 1.32. The molecule has 2 aliphatic rings. The molecule has 2 N–H and O–H groups in total. The summed E-state index contributed by atoms with van der Waals surface area (Å²) in [4.78, 5) is 40.2. The highest BCUT2D eigenvalue weighted by Gasteiger charge is 2.23. The van der Waals surface area contributed by atoms with Crippen LogP contribution in [0.5, 0.6) is 0 Å². The molecule has 7 nitrogen and oxygen atoms in total. The van der Waals surface area contributed by atoms with Crippen molar-refractivity contribution in [1.29, 1.82) is 0 Å². The van der Waals surface area contributed by atoms with Gasteiger partial charge in [-0.25, -0.2) is 4.79 Å². The van der Waals surface area contributed by atoms with Gasteiger partial charge >= 0.3 is 6.03 Å². The molecule has 0 bridgehead atoms. The number of piperazine rings is 1. The summed E-state index contributed by atoms with van der Waals surface area (Å²) < 4.78 is 0. The number of allylic oxidation sites excluding steroid dienone is 1. The van der Waals surface area contributed by atoms with Crippen LogP contribution in [0.1, 0.15) is 42.5 Å². The van der Waals surface area contributed by atoms with Crippen molar-refractivity contribution in [3.8, 4) is 0 Å². The van der Waals surface area contributed by atoms with Crippen LogP contribution in [0.25, 0.3) is 0 Å². The van der Waals surface area contributed by atoms with Gasteiger partial charge < -0.3 is 10.2 Å². The zero-order valence-electron chi connectivity index (χ0n) is 16.9. The van der Waals surface area contributed by atoms with Crippen LogP contribution in [0.15, 0.2) is 42.0 Å². The van der Waals surface area contributed by atoms with Gasteiger partial charge in [-0.2, -0.15) is 0 Å². The smallest absolute Gasteiger partial charge is 0.321 e. The van der Waals surface area contributed by atoms with Crippen molar-refractivity contribution in [3.63, 3.8) is 0 Å². The van der Waals surface area contributed by atoms with Crippen LogP contribution in [0.3, 0.4) is 0 Å². The van der Waals surface area contributed by atoms with E-state index >= 15 is 0 Å². The fraction of sp³-hybridized carbons (Fsp3) is 0.500. The summed E-state index contributed by atoms with van der Waals surface area (Å²) in [7, 11) is 0. The zero-order chi connectivity index (χ0) is 20.5. The number of rotatable bonds is 6. The van der Waals surface area contributed by atoms with Crippen LogP contribution in [-0.2, 0) is 4.79 Å². The van der Waals surface area contributed by atoms with E-state index < -0.39 is 6.03 Å². The Kier molecular flexibility index (Phi) is 7.81. The van der Waals surface area contributed by atoms with Crippen molar-refractivity contribution < 1.29 is 14.4 Å². The molecule has 0 unspecified atom stereocenters. The average molecular weight is 399 g/mol. The van der Waals surface area contributed by atoms with Crippen molar-refractivity contribution in [2.75, 3.05) is 39.3 Å². The Bertz CT molecular complexity index is 740. The summed E-state index contributed by atoms with van der Waals surface area (Å²) in [5, 5.41) is 5.15. The SMILES string of the molecule is O=C(CN1CCN(C(=O)c2ccccc2)CC1)NC(=O)NCCC1=CCCCC1. The van der Waals surface area contributed by atoms with Gasteiger partial charge in [-0.05, 0) is 44.2 Å². The summed E-state index contributed by atoms with van der Waals surface area (Å²) in [5.41, 5.74) is 2.07. The lowest BCUT2D eigenvalue weighted by atomic mass is 9.97. The standard InChI is InChI=1S/C22H30N4O3/c27-20(24-22(29)23-12-11-18-7-3-1-4-8-18)17-25-13-15-26(16-14-25)21(28)19-9-5-2-6-10-19/h2,5-7,9-10H,1,3-4,8,11-17H2,(H2,23,24,27,29). The maximum absolute atomic E-state index is 12.5. The minimum absolute atomic E-state index is 0.0159. The van der Waals surface area contributed by atoms with Crippen molar-refractivity contribution in [2.24, 2.45) is 0 Å². The number of nitrogens with zero attached hydrogens (tertiary/aromatic N) is 2. The summed E-state index contributed by atoms with van der Waals surface area (Å²) >= 11 is 0. The van der Waals surface area contributed by atoms with Crippen LogP contribution in [0.4, 0.5) is 4.79 Å². The molecule has 0 spiro atoms. The number of benzene rings is 1. The van der Waals surface area contributed by atoms with Crippen LogP contribution in [0, 0.1) is 0 Å². The molecular formula is C22H30N4O3. The third kappa shape index (κ3) is 6.71. The lowest BCUT2D eigenvalue weighted by molar-refractivity contribution is -0.121. The summed E-state index contributed by atoms with van der Waals surface area (Å²) in [5.74, 6) is -0.302. The molecule has 1 aliphatic carbocycles. The van der Waals surface area contributed by atoms with Crippen LogP contribution in [-0.4, -0.2) is 66.9 Å². The number of hydrogen-bond donors (Lipinski definition) is 2. The number of amides is 4. The van der Waals surface area contributed by atoms with Crippen molar-refractivity contribution in [2.45, 2.75) is 32.1 Å². The van der Waals surface area contributed by atoms with E-state index in [-0.39, 0.29) is 18.4 Å². The van der Waals surface area contributed by atoms with Crippen molar-refractivity contribution in [3.05, 3.63) is 47.5 Å². The van der Waals surface area contributed by atoms with Gasteiger partial charge in [0.05, 0.1) is 6.54 Å². The number of carbonyl (C=O) groups is 3. The van der Waals surface area contributed by atoms with Crippen molar-refractivity contribution >= 4 is 17.8 Å². The minimum Gasteiger partial charge on any atom is -0.337 e. The Morgan fingerprint density at radius 3 is 2.41 bits per heavy atom. The first-order valence-corrected chi connectivity index (χ1v) is 10.4. The molecule has 0 atom stereocenters. The van der Waals surface area contributed by atoms with E-state index in [1.807, 2.05) is 35.2 Å². The highest BCUT2D eigenvalue weighted by molar-refractivity contribution is 5.95. The normalized spacial score (nSPS) is 17.4. The highest BCUT2D eigenvalue weighted by Crippen LogP contribution is 2.19. The largest absolute Gasteiger partial charge is 0.337 e. The summed E-state index contributed by atoms with van der Waals surface area (Å²) in [6, 6.07) is 8.77. The fourth-order valence-corrected chi connectivity index (χ4v) is 3.75. The number of hydrogen-bond acceptors (Lipinski definition) is 4. The second kappa shape index (κ2) is 10.8. The molecule has 1 aromatic rings. The number of urea groups is 1. The second-order valence-corrected chi connectivity index (χ2v) is 7.60. The molecule has 29 heavy (non-hydrogen) atoms. The van der Waals surface area contributed by atoms with E-state index in [9.17, 15) is 14.4 Å². The molecule has 0 saturated carbocycles. The third-order valence-electron chi connectivity index (χ3n) is 5.42. The summed E-state index contributed by atoms with van der Waals surface area (Å²) in [6.45, 7) is 3.07. The molecule has 0 radical (unpaired) electrons. The summed E-state index contributed by atoms with van der Waals surface area (Å²) in [6.07, 6.45) is 7.82. The van der Waals surface area contributed by atoms with E-state index in [4.69, 9.17) is 0 Å². The predicted octanol–water partition coefficient (Wildman–Crippen LogP) is 2.16. The monoisotopic (exact) mass is 398 g/mol. The molecule has 0 aromatic heterocycles. The fourth-order valence-electron chi connectivity index (χ4n) is 3.75. The quantitative estimate of drug-likeness (QED) is 0.720. The maximum Gasteiger partial charge on any atom is 0.321 e. The van der Waals surface area contributed by atoms with Gasteiger partial charge in [-0.15, -0.1) is 0 Å². The van der Waals surface area contributed by atoms with Crippen molar-refractivity contribution in [1.82, 2.24) is 20.4 Å². The second-order valence-electron chi connectivity index (χ2n) is 7.60. The van der Waals surface area contributed by atoms with Gasteiger partial charge in [-0.1, -0.05) is 29.8 Å². The van der Waals surface area contributed by atoms with E-state index in [1.54, 1.807) is 4.90 Å². The van der Waals surface area contributed by atoms with E-state index in [0.717, 1.165) is 19.3 Å². The lowest BCUT2D eigenvalue weighted by Crippen LogP contribution is -2.52. The lowest BCUT2D eigenvalue weighted by Gasteiger charge is -2.34. The molecule has 7 heteroatoms. The molecule has 4 amide bonds. The van der Waals surface area contributed by atoms with Gasteiger partial charge in [-0.3, -0.25) is 19.8 Å². The third-order valence-corrected chi connectivity index (χ3v) is 5.42. The van der Waals surface area contributed by atoms with Gasteiger partial charge in [0.25, 0.3) is 5.91 Å². The van der Waals surface area contributed by atoms with Gasteiger partial charge in [0, 0.05) is 38.3 Å². The highest BCUT2D eigenvalue weighted by atomic mass is 16.2. The van der Waals surface area contributed by atoms with E-state index in [0.29, 0.717) is 38.3 Å². The molecule has 1 fully saturated rings. The number of carbonyl (C=O) groups excluding carboxylic acids is 3. The average Bonchev–Trinajstić information content (AvgIpc) is 2.75. The molecule has 1 heterocycles. The molecule has 3 rings (SSSR count). The Hall–Kier alpha value is -2.67. The first-order valence-electron chi connectivity index (χ1n) is 10.4. The van der Waals surface area contributed by atoms with E-state index in [2.05, 4.69) is 16.7 Å². The number of imide groups is 1. The predicted molar refractivity (Wildman–Crippen MR) is 111 cm³/mol. The molecule has 1 aromatic carbocycles. The number of nitrogens with one attached hydrogen (secondary N) is 2. The first-order chi connectivity index (χ1) is 14.1. The molecule has 1 saturated heterocycles. The van der Waals surface area contributed by atoms with Crippen LogP contribution >= 0.6 is 0 Å². The topological polar surface area (TPSA) is 81.8 Å². The molecular weight excluding hydrogens is 368 g/mol. The maximum atomic E-state index is 12.5.